The van der Waals surface area contributed by atoms with Crippen molar-refractivity contribution < 1.29 is 5.11 Å². The van der Waals surface area contributed by atoms with Gasteiger partial charge in [0.2, 0.25) is 0 Å². The lowest BCUT2D eigenvalue weighted by atomic mass is 9.87. The molecule has 0 radical (unpaired) electrons. The highest BCUT2D eigenvalue weighted by atomic mass is 32.1. The zero-order chi connectivity index (χ0) is 12.2. The molecule has 92 valence electrons. The Morgan fingerprint density at radius 3 is 2.62 bits per heavy atom. The maximum Gasteiger partial charge on any atom is 0.0724 e. The second-order valence-corrected chi connectivity index (χ2v) is 5.77. The van der Waals surface area contributed by atoms with Gasteiger partial charge in [-0.3, -0.25) is 0 Å². The van der Waals surface area contributed by atoms with E-state index in [0.29, 0.717) is 0 Å². The molecule has 0 fully saturated rings. The fourth-order valence-corrected chi connectivity index (χ4v) is 2.62. The van der Waals surface area contributed by atoms with Crippen molar-refractivity contribution >= 4 is 11.3 Å². The molecule has 3 heteroatoms. The number of likely N-dealkylation sites (N-methyl/N-ethyl adjacent to an activating group) is 1. The molecule has 2 nitrogen and oxygen atoms in total. The largest absolute Gasteiger partial charge is 0.391 e. The van der Waals surface area contributed by atoms with Gasteiger partial charge in [-0.25, -0.2) is 0 Å². The van der Waals surface area contributed by atoms with E-state index >= 15 is 0 Å². The molecule has 0 spiro atoms. The normalized spacial score (nSPS) is 17.4. The zero-order valence-electron chi connectivity index (χ0n) is 10.7. The van der Waals surface area contributed by atoms with Crippen LogP contribution < -0.4 is 0 Å². The van der Waals surface area contributed by atoms with Crippen LogP contribution in [0.25, 0.3) is 0 Å². The maximum absolute atomic E-state index is 10.3. The van der Waals surface area contributed by atoms with Crippen LogP contribution in [0, 0.1) is 0 Å². The van der Waals surface area contributed by atoms with Gasteiger partial charge in [-0.2, -0.15) is 0 Å². The summed E-state index contributed by atoms with van der Waals surface area (Å²) in [5.74, 6) is 0. The van der Waals surface area contributed by atoms with E-state index in [1.165, 1.54) is 4.88 Å². The van der Waals surface area contributed by atoms with Gasteiger partial charge in [-0.05, 0) is 51.7 Å². The van der Waals surface area contributed by atoms with Crippen molar-refractivity contribution in [3.8, 4) is 0 Å². The molecule has 2 unspecified atom stereocenters. The lowest BCUT2D eigenvalue weighted by Crippen LogP contribution is -2.50. The van der Waals surface area contributed by atoms with Crippen LogP contribution in [0.15, 0.2) is 17.5 Å². The fraction of sp³-hybridized carbons (Fsp3) is 0.692. The van der Waals surface area contributed by atoms with Gasteiger partial charge in [-0.15, -0.1) is 11.3 Å². The third-order valence-electron chi connectivity index (χ3n) is 3.70. The minimum absolute atomic E-state index is 0.114. The third-order valence-corrected chi connectivity index (χ3v) is 4.64. The summed E-state index contributed by atoms with van der Waals surface area (Å²) in [6.07, 6.45) is 2.51. The predicted octanol–water partition coefficient (Wildman–Crippen LogP) is 2.77. The first-order chi connectivity index (χ1) is 7.50. The van der Waals surface area contributed by atoms with Crippen molar-refractivity contribution in [3.05, 3.63) is 22.4 Å². The molecule has 1 rings (SSSR count). The molecule has 0 saturated carbocycles. The summed E-state index contributed by atoms with van der Waals surface area (Å²) in [5.41, 5.74) is -0.114. The molecule has 1 aromatic heterocycles. The van der Waals surface area contributed by atoms with E-state index in [0.717, 1.165) is 19.3 Å². The minimum Gasteiger partial charge on any atom is -0.391 e. The molecule has 0 bridgehead atoms. The Morgan fingerprint density at radius 1 is 1.50 bits per heavy atom. The number of aryl methyl sites for hydroxylation is 1. The Labute approximate surface area is 103 Å². The lowest BCUT2D eigenvalue weighted by molar-refractivity contribution is -0.00204. The summed E-state index contributed by atoms with van der Waals surface area (Å²) in [4.78, 5) is 3.49. The molecule has 0 aliphatic rings. The average Bonchev–Trinajstić information content (AvgIpc) is 2.77. The second-order valence-electron chi connectivity index (χ2n) is 4.74. The van der Waals surface area contributed by atoms with Gasteiger partial charge in [-0.1, -0.05) is 13.0 Å². The van der Waals surface area contributed by atoms with Gasteiger partial charge in [0, 0.05) is 10.4 Å². The Morgan fingerprint density at radius 2 is 2.19 bits per heavy atom. The van der Waals surface area contributed by atoms with Crippen LogP contribution in [0.1, 0.15) is 31.6 Å². The van der Waals surface area contributed by atoms with Crippen LogP contribution in [-0.2, 0) is 6.42 Å². The van der Waals surface area contributed by atoms with Crippen LogP contribution in [0.5, 0.6) is 0 Å². The molecule has 2 atom stereocenters. The second kappa shape index (κ2) is 5.80. The highest BCUT2D eigenvalue weighted by Gasteiger charge is 2.32. The van der Waals surface area contributed by atoms with Crippen molar-refractivity contribution in [2.24, 2.45) is 0 Å². The van der Waals surface area contributed by atoms with E-state index in [-0.39, 0.29) is 11.6 Å². The molecule has 0 aliphatic heterocycles. The van der Waals surface area contributed by atoms with E-state index in [1.807, 2.05) is 14.1 Å². The highest BCUT2D eigenvalue weighted by Crippen LogP contribution is 2.25. The summed E-state index contributed by atoms with van der Waals surface area (Å²) in [5, 5.41) is 12.4. The quantitative estimate of drug-likeness (QED) is 0.828. The monoisotopic (exact) mass is 241 g/mol. The fourth-order valence-electron chi connectivity index (χ4n) is 1.89. The molecule has 16 heavy (non-hydrogen) atoms. The number of rotatable bonds is 6. The van der Waals surface area contributed by atoms with E-state index in [1.54, 1.807) is 11.3 Å². The molecule has 0 amide bonds. The van der Waals surface area contributed by atoms with Gasteiger partial charge >= 0.3 is 0 Å². The topological polar surface area (TPSA) is 23.5 Å². The maximum atomic E-state index is 10.3. The van der Waals surface area contributed by atoms with E-state index in [4.69, 9.17) is 0 Å². The van der Waals surface area contributed by atoms with Crippen molar-refractivity contribution in [2.45, 2.75) is 44.8 Å². The van der Waals surface area contributed by atoms with Crippen LogP contribution in [0.4, 0.5) is 0 Å². The number of nitrogens with zero attached hydrogens (tertiary/aromatic N) is 1. The van der Waals surface area contributed by atoms with E-state index < -0.39 is 0 Å². The van der Waals surface area contributed by atoms with Crippen molar-refractivity contribution in [1.29, 1.82) is 0 Å². The SMILES string of the molecule is CCC(C)(C(O)CCc1cccs1)N(C)C. The summed E-state index contributed by atoms with van der Waals surface area (Å²) < 4.78 is 0. The highest BCUT2D eigenvalue weighted by molar-refractivity contribution is 7.09. The van der Waals surface area contributed by atoms with Crippen LogP contribution in [0.3, 0.4) is 0 Å². The number of thiophene rings is 1. The summed E-state index contributed by atoms with van der Waals surface area (Å²) in [6.45, 7) is 4.26. The summed E-state index contributed by atoms with van der Waals surface area (Å²) in [6, 6.07) is 4.20. The van der Waals surface area contributed by atoms with Crippen LogP contribution in [0.2, 0.25) is 0 Å². The molecule has 0 aliphatic carbocycles. The van der Waals surface area contributed by atoms with Crippen LogP contribution in [-0.4, -0.2) is 35.7 Å². The molecular weight excluding hydrogens is 218 g/mol. The Kier molecular flexibility index (Phi) is 4.96. The average molecular weight is 241 g/mol. The van der Waals surface area contributed by atoms with Crippen LogP contribution >= 0.6 is 11.3 Å². The van der Waals surface area contributed by atoms with Gasteiger partial charge in [0.15, 0.2) is 0 Å². The number of aliphatic hydroxyl groups excluding tert-OH is 1. The Hall–Kier alpha value is -0.380. The molecule has 0 aromatic carbocycles. The zero-order valence-corrected chi connectivity index (χ0v) is 11.5. The summed E-state index contributed by atoms with van der Waals surface area (Å²) >= 11 is 1.77. The summed E-state index contributed by atoms with van der Waals surface area (Å²) in [7, 11) is 4.08. The minimum atomic E-state index is -0.269. The smallest absolute Gasteiger partial charge is 0.0724 e. The first kappa shape index (κ1) is 13.7. The van der Waals surface area contributed by atoms with Crippen molar-refractivity contribution in [2.75, 3.05) is 14.1 Å². The molecule has 1 heterocycles. The van der Waals surface area contributed by atoms with Gasteiger partial charge in [0.1, 0.15) is 0 Å². The Balaban J connectivity index is 2.53. The Bertz CT molecular complexity index is 297. The molecule has 1 aromatic rings. The van der Waals surface area contributed by atoms with Gasteiger partial charge in [0.25, 0.3) is 0 Å². The number of hydrogen-bond donors (Lipinski definition) is 1. The predicted molar refractivity (Wildman–Crippen MR) is 71.0 cm³/mol. The lowest BCUT2D eigenvalue weighted by Gasteiger charge is -2.40. The van der Waals surface area contributed by atoms with E-state index in [2.05, 4.69) is 36.3 Å². The van der Waals surface area contributed by atoms with Gasteiger partial charge in [0.05, 0.1) is 6.10 Å². The number of aliphatic hydroxyl groups is 1. The third kappa shape index (κ3) is 3.06. The molecule has 0 saturated heterocycles. The van der Waals surface area contributed by atoms with Crippen molar-refractivity contribution in [3.63, 3.8) is 0 Å². The first-order valence-corrected chi connectivity index (χ1v) is 6.76. The standard InChI is InChI=1S/C13H23NOS/c1-5-13(2,14(3)4)12(15)9-8-11-7-6-10-16-11/h6-7,10,12,15H,5,8-9H2,1-4H3. The molecular formula is C13H23NOS. The molecule has 1 N–H and O–H groups in total. The first-order valence-electron chi connectivity index (χ1n) is 5.88. The van der Waals surface area contributed by atoms with Gasteiger partial charge < -0.3 is 10.0 Å². The van der Waals surface area contributed by atoms with E-state index in [9.17, 15) is 5.11 Å². The van der Waals surface area contributed by atoms with Crippen molar-refractivity contribution in [1.82, 2.24) is 4.90 Å². The number of hydrogen-bond acceptors (Lipinski definition) is 3.